The van der Waals surface area contributed by atoms with Crippen LogP contribution >= 0.6 is 11.6 Å². The molecule has 3 rings (SSSR count). The van der Waals surface area contributed by atoms with Crippen molar-refractivity contribution in [3.63, 3.8) is 0 Å². The van der Waals surface area contributed by atoms with Gasteiger partial charge >= 0.3 is 0 Å². The van der Waals surface area contributed by atoms with E-state index in [-0.39, 0.29) is 5.91 Å². The number of rotatable bonds is 8. The Morgan fingerprint density at radius 1 is 1.26 bits per heavy atom. The van der Waals surface area contributed by atoms with E-state index in [1.54, 1.807) is 0 Å². The lowest BCUT2D eigenvalue weighted by molar-refractivity contribution is -0.124. The van der Waals surface area contributed by atoms with E-state index in [1.165, 1.54) is 0 Å². The molecule has 1 unspecified atom stereocenters. The molecule has 1 atom stereocenters. The van der Waals surface area contributed by atoms with Crippen LogP contribution in [0.4, 0.5) is 0 Å². The number of ether oxygens (including phenoxy) is 1. The number of piperazine rings is 1. The Labute approximate surface area is 166 Å². The van der Waals surface area contributed by atoms with E-state index in [0.29, 0.717) is 24.1 Å². The molecule has 2 fully saturated rings. The third-order valence-electron chi connectivity index (χ3n) is 5.35. The van der Waals surface area contributed by atoms with Gasteiger partial charge in [0.05, 0.1) is 12.6 Å². The van der Waals surface area contributed by atoms with Gasteiger partial charge in [-0.2, -0.15) is 5.26 Å². The maximum Gasteiger partial charge on any atom is 0.235 e. The molecular weight excluding hydrogens is 364 g/mol. The SMILES string of the molecule is CC(C#N)(NC(=O)CN1CCN(CCOc2ccc(Cl)cc2)CC1)C1CC1. The summed E-state index contributed by atoms with van der Waals surface area (Å²) < 4.78 is 5.74. The van der Waals surface area contributed by atoms with Crippen LogP contribution in [0.5, 0.6) is 5.75 Å². The Hall–Kier alpha value is -1.81. The molecule has 27 heavy (non-hydrogen) atoms. The molecule has 1 aliphatic heterocycles. The molecule has 1 saturated carbocycles. The molecule has 0 radical (unpaired) electrons. The number of nitrogens with one attached hydrogen (secondary N) is 1. The molecule has 1 amide bonds. The summed E-state index contributed by atoms with van der Waals surface area (Å²) in [4.78, 5) is 16.8. The molecule has 1 aromatic rings. The fraction of sp³-hybridized carbons (Fsp3) is 0.600. The largest absolute Gasteiger partial charge is 0.492 e. The monoisotopic (exact) mass is 390 g/mol. The van der Waals surface area contributed by atoms with E-state index in [1.807, 2.05) is 31.2 Å². The number of nitriles is 1. The van der Waals surface area contributed by atoms with E-state index in [4.69, 9.17) is 16.3 Å². The standard InChI is InChI=1S/C20H27ClN4O2/c1-20(15-22,16-2-3-16)23-19(26)14-25-10-8-24(9-11-25)12-13-27-18-6-4-17(21)5-7-18/h4-7,16H,2-3,8-14H2,1H3,(H,23,26). The van der Waals surface area contributed by atoms with Crippen molar-refractivity contribution < 1.29 is 9.53 Å². The van der Waals surface area contributed by atoms with Crippen molar-refractivity contribution in [3.8, 4) is 11.8 Å². The Morgan fingerprint density at radius 2 is 1.89 bits per heavy atom. The summed E-state index contributed by atoms with van der Waals surface area (Å²) in [6.45, 7) is 7.20. The summed E-state index contributed by atoms with van der Waals surface area (Å²) in [5, 5.41) is 13.0. The molecule has 1 aliphatic carbocycles. The van der Waals surface area contributed by atoms with Crippen LogP contribution in [0.3, 0.4) is 0 Å². The highest BCUT2D eigenvalue weighted by Gasteiger charge is 2.43. The molecular formula is C20H27ClN4O2. The van der Waals surface area contributed by atoms with Crippen LogP contribution in [-0.2, 0) is 4.79 Å². The van der Waals surface area contributed by atoms with Gasteiger partial charge in [0.2, 0.25) is 5.91 Å². The first-order chi connectivity index (χ1) is 13.0. The molecule has 6 nitrogen and oxygen atoms in total. The molecule has 1 heterocycles. The predicted molar refractivity (Wildman–Crippen MR) is 105 cm³/mol. The second-order valence-electron chi connectivity index (χ2n) is 7.56. The van der Waals surface area contributed by atoms with Crippen LogP contribution in [0.2, 0.25) is 5.02 Å². The Morgan fingerprint density at radius 3 is 2.48 bits per heavy atom. The minimum atomic E-state index is -0.710. The van der Waals surface area contributed by atoms with Crippen LogP contribution < -0.4 is 10.1 Å². The van der Waals surface area contributed by atoms with Gasteiger partial charge in [-0.25, -0.2) is 0 Å². The highest BCUT2D eigenvalue weighted by atomic mass is 35.5. The van der Waals surface area contributed by atoms with Crippen molar-refractivity contribution in [1.82, 2.24) is 15.1 Å². The van der Waals surface area contributed by atoms with Crippen LogP contribution in [0.15, 0.2) is 24.3 Å². The summed E-state index contributed by atoms with van der Waals surface area (Å²) in [5.41, 5.74) is -0.710. The lowest BCUT2D eigenvalue weighted by atomic mass is 9.98. The zero-order valence-electron chi connectivity index (χ0n) is 15.8. The summed E-state index contributed by atoms with van der Waals surface area (Å²) in [6, 6.07) is 9.66. The highest BCUT2D eigenvalue weighted by molar-refractivity contribution is 6.30. The molecule has 1 saturated heterocycles. The van der Waals surface area contributed by atoms with Crippen molar-refractivity contribution in [3.05, 3.63) is 29.3 Å². The Balaban J connectivity index is 1.33. The quantitative estimate of drug-likeness (QED) is 0.736. The summed E-state index contributed by atoms with van der Waals surface area (Å²) in [7, 11) is 0. The van der Waals surface area contributed by atoms with Gasteiger partial charge in [0.15, 0.2) is 0 Å². The third kappa shape index (κ3) is 5.83. The first-order valence-electron chi connectivity index (χ1n) is 9.54. The van der Waals surface area contributed by atoms with Gasteiger partial charge in [-0.1, -0.05) is 11.6 Å². The van der Waals surface area contributed by atoms with Gasteiger partial charge in [-0.15, -0.1) is 0 Å². The number of hydrogen-bond donors (Lipinski definition) is 1. The minimum Gasteiger partial charge on any atom is -0.492 e. The summed E-state index contributed by atoms with van der Waals surface area (Å²) >= 11 is 5.87. The number of amides is 1. The first kappa shape index (κ1) is 19.9. The van der Waals surface area contributed by atoms with Crippen molar-refractivity contribution in [2.75, 3.05) is 45.9 Å². The Bertz CT molecular complexity index is 678. The maximum atomic E-state index is 12.3. The topological polar surface area (TPSA) is 68.6 Å². The maximum absolute atomic E-state index is 12.3. The number of carbonyl (C=O) groups excluding carboxylic acids is 1. The normalized spacial score (nSPS) is 20.5. The lowest BCUT2D eigenvalue weighted by Gasteiger charge is -2.34. The molecule has 0 spiro atoms. The van der Waals surface area contributed by atoms with Gasteiger partial charge < -0.3 is 10.1 Å². The number of benzene rings is 1. The van der Waals surface area contributed by atoms with Crippen LogP contribution in [0.1, 0.15) is 19.8 Å². The van der Waals surface area contributed by atoms with Crippen molar-refractivity contribution in [1.29, 1.82) is 5.26 Å². The van der Waals surface area contributed by atoms with Crippen molar-refractivity contribution in [2.45, 2.75) is 25.3 Å². The summed E-state index contributed by atoms with van der Waals surface area (Å²) in [6.07, 6.45) is 2.06. The van der Waals surface area contributed by atoms with E-state index >= 15 is 0 Å². The zero-order valence-corrected chi connectivity index (χ0v) is 16.5. The fourth-order valence-electron chi connectivity index (χ4n) is 3.41. The molecule has 0 aromatic heterocycles. The van der Waals surface area contributed by atoms with Gasteiger partial charge in [0, 0.05) is 37.7 Å². The first-order valence-corrected chi connectivity index (χ1v) is 9.91. The van der Waals surface area contributed by atoms with E-state index < -0.39 is 5.54 Å². The van der Waals surface area contributed by atoms with Crippen LogP contribution in [-0.4, -0.2) is 67.1 Å². The van der Waals surface area contributed by atoms with Crippen molar-refractivity contribution >= 4 is 17.5 Å². The average Bonchev–Trinajstić information content (AvgIpc) is 3.50. The molecule has 1 N–H and O–H groups in total. The lowest BCUT2D eigenvalue weighted by Crippen LogP contribution is -2.53. The molecule has 2 aliphatic rings. The van der Waals surface area contributed by atoms with Crippen LogP contribution in [0, 0.1) is 17.2 Å². The predicted octanol–water partition coefficient (Wildman–Crippen LogP) is 2.14. The van der Waals surface area contributed by atoms with Crippen molar-refractivity contribution in [2.24, 2.45) is 5.92 Å². The number of carbonyl (C=O) groups is 1. The Kier molecular flexibility index (Phi) is 6.59. The highest BCUT2D eigenvalue weighted by Crippen LogP contribution is 2.39. The van der Waals surface area contributed by atoms with Gasteiger partial charge in [0.25, 0.3) is 0 Å². The summed E-state index contributed by atoms with van der Waals surface area (Å²) in [5.74, 6) is 1.08. The molecule has 7 heteroatoms. The fourth-order valence-corrected chi connectivity index (χ4v) is 3.53. The van der Waals surface area contributed by atoms with Crippen LogP contribution in [0.25, 0.3) is 0 Å². The van der Waals surface area contributed by atoms with Gasteiger partial charge in [0.1, 0.15) is 17.9 Å². The number of halogens is 1. The smallest absolute Gasteiger partial charge is 0.235 e. The molecule has 1 aromatic carbocycles. The number of nitrogens with zero attached hydrogens (tertiary/aromatic N) is 3. The average molecular weight is 391 g/mol. The van der Waals surface area contributed by atoms with E-state index in [0.717, 1.165) is 51.3 Å². The third-order valence-corrected chi connectivity index (χ3v) is 5.60. The van der Waals surface area contributed by atoms with Gasteiger partial charge in [-0.3, -0.25) is 14.6 Å². The minimum absolute atomic E-state index is 0.0505. The second-order valence-corrected chi connectivity index (χ2v) is 7.99. The molecule has 146 valence electrons. The number of hydrogen-bond acceptors (Lipinski definition) is 5. The molecule has 0 bridgehead atoms. The zero-order chi connectivity index (χ0) is 19.3. The van der Waals surface area contributed by atoms with E-state index in [2.05, 4.69) is 21.2 Å². The van der Waals surface area contributed by atoms with E-state index in [9.17, 15) is 10.1 Å². The van der Waals surface area contributed by atoms with Gasteiger partial charge in [-0.05, 0) is 49.9 Å². The second kappa shape index (κ2) is 8.92.